The van der Waals surface area contributed by atoms with E-state index < -0.39 is 0 Å². The molecule has 0 bridgehead atoms. The van der Waals surface area contributed by atoms with Crippen molar-refractivity contribution in [1.29, 1.82) is 0 Å². The molecule has 3 aromatic rings. The third kappa shape index (κ3) is 4.76. The zero-order chi connectivity index (χ0) is 18.4. The van der Waals surface area contributed by atoms with Gasteiger partial charge >= 0.3 is 0 Å². The van der Waals surface area contributed by atoms with Crippen LogP contribution in [0.25, 0.3) is 10.2 Å². The Morgan fingerprint density at radius 3 is 2.54 bits per heavy atom. The molecule has 1 heterocycles. The van der Waals surface area contributed by atoms with Gasteiger partial charge in [0.05, 0.1) is 16.8 Å². The maximum absolute atomic E-state index is 12.2. The highest BCUT2D eigenvalue weighted by molar-refractivity contribution is 7.18. The number of nitrogens with one attached hydrogen (secondary N) is 1. The van der Waals surface area contributed by atoms with Crippen molar-refractivity contribution in [2.45, 2.75) is 39.2 Å². The molecule has 0 spiro atoms. The lowest BCUT2D eigenvalue weighted by molar-refractivity contribution is -0.121. The predicted octanol–water partition coefficient (Wildman–Crippen LogP) is 4.53. The van der Waals surface area contributed by atoms with E-state index in [9.17, 15) is 9.59 Å². The SMILES string of the molecule is CCCc1ccc(C(=O)CCC(=O)NCc2nc3ccccc3s2)cc1. The van der Waals surface area contributed by atoms with Crippen LogP contribution in [0.3, 0.4) is 0 Å². The fourth-order valence-electron chi connectivity index (χ4n) is 2.78. The van der Waals surface area contributed by atoms with Crippen molar-refractivity contribution in [2.24, 2.45) is 0 Å². The van der Waals surface area contributed by atoms with Crippen molar-refractivity contribution in [3.8, 4) is 0 Å². The minimum Gasteiger partial charge on any atom is -0.350 e. The summed E-state index contributed by atoms with van der Waals surface area (Å²) in [7, 11) is 0. The van der Waals surface area contributed by atoms with Crippen LogP contribution in [-0.4, -0.2) is 16.7 Å². The molecule has 3 rings (SSSR count). The molecular formula is C21H22N2O2S. The van der Waals surface area contributed by atoms with Crippen molar-refractivity contribution in [1.82, 2.24) is 10.3 Å². The van der Waals surface area contributed by atoms with Crippen LogP contribution in [0.5, 0.6) is 0 Å². The molecule has 0 aliphatic heterocycles. The fraction of sp³-hybridized carbons (Fsp3) is 0.286. The summed E-state index contributed by atoms with van der Waals surface area (Å²) < 4.78 is 1.11. The Kier molecular flexibility index (Phi) is 6.12. The molecule has 0 atom stereocenters. The highest BCUT2D eigenvalue weighted by Gasteiger charge is 2.10. The second-order valence-corrected chi connectivity index (χ2v) is 7.34. The summed E-state index contributed by atoms with van der Waals surface area (Å²) >= 11 is 1.57. The number of fused-ring (bicyclic) bond motifs is 1. The quantitative estimate of drug-likeness (QED) is 0.596. The van der Waals surface area contributed by atoms with Crippen molar-refractivity contribution in [2.75, 3.05) is 0 Å². The van der Waals surface area contributed by atoms with Gasteiger partial charge in [-0.3, -0.25) is 9.59 Å². The molecule has 134 valence electrons. The predicted molar refractivity (Wildman–Crippen MR) is 105 cm³/mol. The van der Waals surface area contributed by atoms with E-state index in [1.807, 2.05) is 48.5 Å². The van der Waals surface area contributed by atoms with Gasteiger partial charge in [0.1, 0.15) is 5.01 Å². The Balaban J connectivity index is 1.46. The number of nitrogens with zero attached hydrogens (tertiary/aromatic N) is 1. The van der Waals surface area contributed by atoms with E-state index in [2.05, 4.69) is 17.2 Å². The number of ketones is 1. The number of thiazole rings is 1. The van der Waals surface area contributed by atoms with Gasteiger partial charge in [-0.1, -0.05) is 49.7 Å². The second kappa shape index (κ2) is 8.72. The van der Waals surface area contributed by atoms with Crippen LogP contribution in [0.1, 0.15) is 47.1 Å². The molecule has 0 aliphatic rings. The summed E-state index contributed by atoms with van der Waals surface area (Å²) in [6.45, 7) is 2.53. The molecule has 0 unspecified atom stereocenters. The van der Waals surface area contributed by atoms with Crippen molar-refractivity contribution in [3.05, 3.63) is 64.7 Å². The minimum absolute atomic E-state index is 0.00295. The number of aryl methyl sites for hydroxylation is 1. The van der Waals surface area contributed by atoms with Crippen molar-refractivity contribution >= 4 is 33.2 Å². The number of hydrogen-bond acceptors (Lipinski definition) is 4. The summed E-state index contributed by atoms with van der Waals surface area (Å²) in [6.07, 6.45) is 2.52. The first-order chi connectivity index (χ1) is 12.7. The molecule has 0 radical (unpaired) electrons. The lowest BCUT2D eigenvalue weighted by atomic mass is 10.0. The van der Waals surface area contributed by atoms with E-state index in [4.69, 9.17) is 0 Å². The lowest BCUT2D eigenvalue weighted by Crippen LogP contribution is -2.23. The van der Waals surface area contributed by atoms with E-state index in [1.165, 1.54) is 5.56 Å². The van der Waals surface area contributed by atoms with Gasteiger partial charge in [0.2, 0.25) is 5.91 Å². The van der Waals surface area contributed by atoms with Gasteiger partial charge in [0, 0.05) is 18.4 Å². The summed E-state index contributed by atoms with van der Waals surface area (Å²) in [4.78, 5) is 28.7. The topological polar surface area (TPSA) is 59.1 Å². The second-order valence-electron chi connectivity index (χ2n) is 6.22. The Morgan fingerprint density at radius 1 is 1.04 bits per heavy atom. The highest BCUT2D eigenvalue weighted by atomic mass is 32.1. The average molecular weight is 366 g/mol. The number of hydrogen-bond donors (Lipinski definition) is 1. The summed E-state index contributed by atoms with van der Waals surface area (Å²) in [5, 5.41) is 3.72. The molecule has 0 aliphatic carbocycles. The number of carbonyl (C=O) groups excluding carboxylic acids is 2. The maximum atomic E-state index is 12.2. The van der Waals surface area contributed by atoms with Gasteiger partial charge < -0.3 is 5.32 Å². The fourth-order valence-corrected chi connectivity index (χ4v) is 3.68. The van der Waals surface area contributed by atoms with E-state index >= 15 is 0 Å². The third-order valence-corrected chi connectivity index (χ3v) is 5.21. The maximum Gasteiger partial charge on any atom is 0.220 e. The molecule has 4 nitrogen and oxygen atoms in total. The Hall–Kier alpha value is -2.53. The molecule has 0 saturated carbocycles. The van der Waals surface area contributed by atoms with Crippen LogP contribution in [0, 0.1) is 0 Å². The van der Waals surface area contributed by atoms with Gasteiger partial charge in [-0.05, 0) is 24.1 Å². The monoisotopic (exact) mass is 366 g/mol. The number of amides is 1. The highest BCUT2D eigenvalue weighted by Crippen LogP contribution is 2.21. The van der Waals surface area contributed by atoms with Gasteiger partial charge in [-0.2, -0.15) is 0 Å². The Morgan fingerprint density at radius 2 is 1.81 bits per heavy atom. The van der Waals surface area contributed by atoms with E-state index in [0.717, 1.165) is 28.1 Å². The van der Waals surface area contributed by atoms with Crippen LogP contribution in [0.4, 0.5) is 0 Å². The van der Waals surface area contributed by atoms with E-state index in [-0.39, 0.29) is 24.5 Å². The molecular weight excluding hydrogens is 344 g/mol. The van der Waals surface area contributed by atoms with Crippen molar-refractivity contribution < 1.29 is 9.59 Å². The number of para-hydroxylation sites is 1. The van der Waals surface area contributed by atoms with Crippen LogP contribution in [0.2, 0.25) is 0 Å². The van der Waals surface area contributed by atoms with Crippen LogP contribution >= 0.6 is 11.3 Å². The summed E-state index contributed by atoms with van der Waals surface area (Å²) in [5.41, 5.74) is 2.85. The number of rotatable bonds is 8. The third-order valence-electron chi connectivity index (χ3n) is 4.17. The molecule has 1 amide bonds. The number of aromatic nitrogens is 1. The molecule has 1 aromatic heterocycles. The Bertz CT molecular complexity index is 867. The molecule has 2 aromatic carbocycles. The van der Waals surface area contributed by atoms with Gasteiger partial charge in [0.15, 0.2) is 5.78 Å². The van der Waals surface area contributed by atoms with Gasteiger partial charge in [-0.25, -0.2) is 4.98 Å². The van der Waals surface area contributed by atoms with E-state index in [1.54, 1.807) is 11.3 Å². The molecule has 5 heteroatoms. The Labute approximate surface area is 157 Å². The summed E-state index contributed by atoms with van der Waals surface area (Å²) in [5.74, 6) is -0.122. The molecule has 26 heavy (non-hydrogen) atoms. The largest absolute Gasteiger partial charge is 0.350 e. The first-order valence-corrected chi connectivity index (χ1v) is 9.70. The number of carbonyl (C=O) groups is 2. The van der Waals surface area contributed by atoms with Gasteiger partial charge in [-0.15, -0.1) is 11.3 Å². The number of benzene rings is 2. The standard InChI is InChI=1S/C21H22N2O2S/c1-2-5-15-8-10-16(11-9-15)18(24)12-13-20(25)22-14-21-23-17-6-3-4-7-19(17)26-21/h3-4,6-11H,2,5,12-14H2,1H3,(H,22,25). The van der Waals surface area contributed by atoms with Gasteiger partial charge in [0.25, 0.3) is 0 Å². The zero-order valence-electron chi connectivity index (χ0n) is 14.8. The average Bonchev–Trinajstić information content (AvgIpc) is 3.08. The van der Waals surface area contributed by atoms with Crippen LogP contribution < -0.4 is 5.32 Å². The molecule has 0 saturated heterocycles. The van der Waals surface area contributed by atoms with Crippen molar-refractivity contribution in [3.63, 3.8) is 0 Å². The lowest BCUT2D eigenvalue weighted by Gasteiger charge is -2.04. The van der Waals surface area contributed by atoms with Crippen LogP contribution in [0.15, 0.2) is 48.5 Å². The minimum atomic E-state index is -0.125. The normalized spacial score (nSPS) is 10.8. The van der Waals surface area contributed by atoms with E-state index in [0.29, 0.717) is 12.1 Å². The zero-order valence-corrected chi connectivity index (χ0v) is 15.6. The van der Waals surface area contributed by atoms with Crippen LogP contribution in [-0.2, 0) is 17.8 Å². The first kappa shape index (κ1) is 18.3. The smallest absolute Gasteiger partial charge is 0.220 e. The number of Topliss-reactive ketones (excluding diaryl/α,β-unsaturated/α-hetero) is 1. The molecule has 1 N–H and O–H groups in total. The summed E-state index contributed by atoms with van der Waals surface area (Å²) in [6, 6.07) is 15.6. The first-order valence-electron chi connectivity index (χ1n) is 8.89. The molecule has 0 fully saturated rings.